The number of hydrogen-bond acceptors (Lipinski definition) is 7. The molecular formula is C30H32Cl2N4O4S. The molecular weight excluding hydrogens is 583 g/mol. The Morgan fingerprint density at radius 3 is 2.51 bits per heavy atom. The fourth-order valence-electron chi connectivity index (χ4n) is 5.58. The zero-order chi connectivity index (χ0) is 29.4. The average molecular weight is 616 g/mol. The highest BCUT2D eigenvalue weighted by atomic mass is 35.5. The van der Waals surface area contributed by atoms with Gasteiger partial charge in [-0.05, 0) is 73.7 Å². The van der Waals surface area contributed by atoms with Crippen molar-refractivity contribution in [1.82, 2.24) is 4.90 Å². The smallest absolute Gasteiger partial charge is 0.337 e. The lowest BCUT2D eigenvalue weighted by atomic mass is 9.87. The first-order valence-corrected chi connectivity index (χ1v) is 15.0. The number of halogens is 2. The molecule has 1 saturated carbocycles. The van der Waals surface area contributed by atoms with Crippen molar-refractivity contribution in [2.24, 2.45) is 11.8 Å². The number of carbonyl (C=O) groups is 3. The standard InChI is InChI=1S/C30H32Cl2N4O4S/c1-16-4-8-19(31)13-22(16)34-28(37)27-26(24-10-11-25(32)41-24)20(15-36(27)14-17-5-6-17)29(38)35(2)23-9-7-18(12-21(23)33)30(39)40-3/h4,7-13,17,20,26-27H,5-6,14-15,33H2,1-3H3,(H,34,37)/t20-,26?,27?/m1/s1. The molecule has 2 unspecified atom stereocenters. The van der Waals surface area contributed by atoms with E-state index in [4.69, 9.17) is 33.7 Å². The molecule has 0 spiro atoms. The highest BCUT2D eigenvalue weighted by molar-refractivity contribution is 7.16. The molecule has 5 rings (SSSR count). The molecule has 1 saturated heterocycles. The number of esters is 1. The van der Waals surface area contributed by atoms with Gasteiger partial charge in [-0.2, -0.15) is 0 Å². The monoisotopic (exact) mass is 614 g/mol. The maximum atomic E-state index is 14.2. The van der Waals surface area contributed by atoms with Crippen molar-refractivity contribution in [2.45, 2.75) is 31.7 Å². The number of rotatable bonds is 8. The predicted molar refractivity (Wildman–Crippen MR) is 164 cm³/mol. The molecule has 8 nitrogen and oxygen atoms in total. The first-order valence-electron chi connectivity index (χ1n) is 13.4. The summed E-state index contributed by atoms with van der Waals surface area (Å²) in [6.07, 6.45) is 2.21. The number of ether oxygens (including phenoxy) is 1. The minimum absolute atomic E-state index is 0.174. The molecule has 2 fully saturated rings. The second kappa shape index (κ2) is 12.0. The van der Waals surface area contributed by atoms with E-state index >= 15 is 0 Å². The van der Waals surface area contributed by atoms with Crippen LogP contribution in [0, 0.1) is 18.8 Å². The van der Waals surface area contributed by atoms with Crippen LogP contribution in [0.5, 0.6) is 0 Å². The lowest BCUT2D eigenvalue weighted by Crippen LogP contribution is -2.43. The number of hydrogen-bond donors (Lipinski definition) is 2. The van der Waals surface area contributed by atoms with Crippen LogP contribution < -0.4 is 16.0 Å². The number of nitrogens with zero attached hydrogens (tertiary/aromatic N) is 2. The number of nitrogen functional groups attached to an aromatic ring is 1. The largest absolute Gasteiger partial charge is 0.465 e. The van der Waals surface area contributed by atoms with Gasteiger partial charge < -0.3 is 20.7 Å². The van der Waals surface area contributed by atoms with Gasteiger partial charge >= 0.3 is 5.97 Å². The molecule has 1 aromatic heterocycles. The Labute approximate surface area is 253 Å². The molecule has 2 aromatic carbocycles. The van der Waals surface area contributed by atoms with Crippen LogP contribution in [-0.4, -0.2) is 56.0 Å². The molecule has 41 heavy (non-hydrogen) atoms. The summed E-state index contributed by atoms with van der Waals surface area (Å²) in [6.45, 7) is 3.05. The molecule has 0 bridgehead atoms. The molecule has 2 aliphatic rings. The third kappa shape index (κ3) is 6.23. The van der Waals surface area contributed by atoms with Crippen LogP contribution in [0.4, 0.5) is 17.1 Å². The maximum absolute atomic E-state index is 14.2. The summed E-state index contributed by atoms with van der Waals surface area (Å²) in [5.41, 5.74) is 8.87. The molecule has 2 amide bonds. The Morgan fingerprint density at radius 1 is 1.12 bits per heavy atom. The highest BCUT2D eigenvalue weighted by Crippen LogP contribution is 2.45. The molecule has 1 aliphatic carbocycles. The molecule has 1 aliphatic heterocycles. The van der Waals surface area contributed by atoms with Gasteiger partial charge in [0.1, 0.15) is 0 Å². The van der Waals surface area contributed by atoms with E-state index in [1.54, 1.807) is 37.4 Å². The van der Waals surface area contributed by atoms with Crippen LogP contribution in [0.25, 0.3) is 0 Å². The third-order valence-corrected chi connectivity index (χ3v) is 9.46. The van der Waals surface area contributed by atoms with E-state index < -0.39 is 23.8 Å². The zero-order valence-corrected chi connectivity index (χ0v) is 25.4. The number of carbonyl (C=O) groups excluding carboxylic acids is 3. The summed E-state index contributed by atoms with van der Waals surface area (Å²) in [7, 11) is 2.96. The lowest BCUT2D eigenvalue weighted by Gasteiger charge is -2.28. The van der Waals surface area contributed by atoms with E-state index in [1.807, 2.05) is 19.1 Å². The van der Waals surface area contributed by atoms with E-state index in [0.717, 1.165) is 29.8 Å². The number of nitrogens with one attached hydrogen (secondary N) is 1. The second-order valence-electron chi connectivity index (χ2n) is 10.7. The lowest BCUT2D eigenvalue weighted by molar-refractivity contribution is -0.122. The van der Waals surface area contributed by atoms with E-state index in [9.17, 15) is 14.4 Å². The SMILES string of the molecule is COC(=O)c1ccc(N(C)C(=O)[C@@H]2CN(CC3CC3)C(C(=O)Nc3cc(Cl)ccc3C)C2c2ccc(Cl)s2)c(N)c1. The Balaban J connectivity index is 1.50. The third-order valence-electron chi connectivity index (χ3n) is 7.89. The highest BCUT2D eigenvalue weighted by Gasteiger charge is 2.51. The summed E-state index contributed by atoms with van der Waals surface area (Å²) >= 11 is 14.0. The van der Waals surface area contributed by atoms with E-state index in [-0.39, 0.29) is 17.5 Å². The molecule has 0 radical (unpaired) electrons. The summed E-state index contributed by atoms with van der Waals surface area (Å²) < 4.78 is 5.38. The molecule has 3 aromatic rings. The van der Waals surface area contributed by atoms with Crippen molar-refractivity contribution in [3.8, 4) is 0 Å². The first-order chi connectivity index (χ1) is 19.6. The summed E-state index contributed by atoms with van der Waals surface area (Å²) in [5, 5.41) is 3.62. The Bertz CT molecular complexity index is 1490. The summed E-state index contributed by atoms with van der Waals surface area (Å²) in [5.74, 6) is -1.35. The number of aryl methyl sites for hydroxylation is 1. The van der Waals surface area contributed by atoms with Gasteiger partial charge in [-0.3, -0.25) is 14.5 Å². The average Bonchev–Trinajstić information content (AvgIpc) is 3.53. The van der Waals surface area contributed by atoms with Crippen LogP contribution in [0.15, 0.2) is 48.5 Å². The van der Waals surface area contributed by atoms with Gasteiger partial charge in [-0.25, -0.2) is 4.79 Å². The summed E-state index contributed by atoms with van der Waals surface area (Å²) in [4.78, 5) is 44.8. The van der Waals surface area contributed by atoms with Gasteiger partial charge in [0.25, 0.3) is 0 Å². The minimum Gasteiger partial charge on any atom is -0.465 e. The fourth-order valence-corrected chi connectivity index (χ4v) is 7.01. The maximum Gasteiger partial charge on any atom is 0.337 e. The van der Waals surface area contributed by atoms with Gasteiger partial charge in [0.2, 0.25) is 11.8 Å². The van der Waals surface area contributed by atoms with Gasteiger partial charge in [0.05, 0.1) is 40.3 Å². The van der Waals surface area contributed by atoms with Gasteiger partial charge in [0, 0.05) is 41.6 Å². The normalized spacial score (nSPS) is 20.6. The van der Waals surface area contributed by atoms with E-state index in [2.05, 4.69) is 10.2 Å². The molecule has 3 atom stereocenters. The van der Waals surface area contributed by atoms with Crippen molar-refractivity contribution >= 4 is 69.4 Å². The minimum atomic E-state index is -0.593. The number of methoxy groups -OCH3 is 1. The van der Waals surface area contributed by atoms with Crippen molar-refractivity contribution < 1.29 is 19.1 Å². The Morgan fingerprint density at radius 2 is 1.88 bits per heavy atom. The molecule has 216 valence electrons. The van der Waals surface area contributed by atoms with Crippen LogP contribution >= 0.6 is 34.5 Å². The number of benzene rings is 2. The fraction of sp³-hybridized carbons (Fsp3) is 0.367. The predicted octanol–water partition coefficient (Wildman–Crippen LogP) is 5.83. The van der Waals surface area contributed by atoms with Crippen molar-refractivity contribution in [2.75, 3.05) is 43.2 Å². The molecule has 3 N–H and O–H groups in total. The Kier molecular flexibility index (Phi) is 8.61. The van der Waals surface area contributed by atoms with Crippen LogP contribution in [0.1, 0.15) is 39.6 Å². The van der Waals surface area contributed by atoms with Crippen LogP contribution in [0.2, 0.25) is 9.36 Å². The number of anilines is 3. The van der Waals surface area contributed by atoms with Crippen LogP contribution in [0.3, 0.4) is 0 Å². The number of amides is 2. The first kappa shape index (κ1) is 29.4. The van der Waals surface area contributed by atoms with Crippen molar-refractivity contribution in [3.05, 3.63) is 73.9 Å². The van der Waals surface area contributed by atoms with Crippen molar-refractivity contribution in [1.29, 1.82) is 0 Å². The van der Waals surface area contributed by atoms with E-state index in [0.29, 0.717) is 38.8 Å². The molecule has 2 heterocycles. The van der Waals surface area contributed by atoms with Gasteiger partial charge in [0.15, 0.2) is 0 Å². The number of thiophene rings is 1. The molecule has 11 heteroatoms. The van der Waals surface area contributed by atoms with E-state index in [1.165, 1.54) is 29.4 Å². The summed E-state index contributed by atoms with van der Waals surface area (Å²) in [6, 6.07) is 13.2. The van der Waals surface area contributed by atoms with Crippen molar-refractivity contribution in [3.63, 3.8) is 0 Å². The van der Waals surface area contributed by atoms with Gasteiger partial charge in [-0.1, -0.05) is 29.3 Å². The second-order valence-corrected chi connectivity index (χ2v) is 12.9. The number of nitrogens with two attached hydrogens (primary N) is 1. The quantitative estimate of drug-likeness (QED) is 0.244. The van der Waals surface area contributed by atoms with Crippen LogP contribution in [-0.2, 0) is 14.3 Å². The topological polar surface area (TPSA) is 105 Å². The van der Waals surface area contributed by atoms with Gasteiger partial charge in [-0.15, -0.1) is 11.3 Å². The Hall–Kier alpha value is -3.11. The number of likely N-dealkylation sites (tertiary alicyclic amines) is 1. The zero-order valence-electron chi connectivity index (χ0n) is 23.0.